The van der Waals surface area contributed by atoms with Crippen molar-refractivity contribution < 1.29 is 28.1 Å². The summed E-state index contributed by atoms with van der Waals surface area (Å²) in [5.41, 5.74) is 0. The minimum atomic E-state index is -4.21. The summed E-state index contributed by atoms with van der Waals surface area (Å²) in [6.45, 7) is 3.35. The van der Waals surface area contributed by atoms with Crippen molar-refractivity contribution in [2.75, 3.05) is 59.1 Å². The highest BCUT2D eigenvalue weighted by Gasteiger charge is 2.28. The van der Waals surface area contributed by atoms with Gasteiger partial charge in [-0.3, -0.25) is 9.80 Å². The monoisotopic (exact) mass is 300 g/mol. The van der Waals surface area contributed by atoms with E-state index in [9.17, 15) is 18.3 Å². The lowest BCUT2D eigenvalue weighted by Gasteiger charge is -2.30. The number of rotatable bonds is 8. The van der Waals surface area contributed by atoms with E-state index in [4.69, 9.17) is 9.84 Å². The fourth-order valence-electron chi connectivity index (χ4n) is 2.04. The molecule has 1 heterocycles. The van der Waals surface area contributed by atoms with Crippen LogP contribution in [0.15, 0.2) is 0 Å². The van der Waals surface area contributed by atoms with Crippen molar-refractivity contribution >= 4 is 0 Å². The molecule has 0 aromatic carbocycles. The summed E-state index contributed by atoms with van der Waals surface area (Å²) in [5, 5.41) is 18.2. The van der Waals surface area contributed by atoms with Crippen molar-refractivity contribution in [2.24, 2.45) is 0 Å². The number of nitrogens with zero attached hydrogens (tertiary/aromatic N) is 2. The van der Waals surface area contributed by atoms with Crippen molar-refractivity contribution in [2.45, 2.75) is 18.7 Å². The number of aliphatic hydroxyl groups excluding tert-OH is 2. The molecule has 0 saturated carbocycles. The Morgan fingerprint density at radius 3 is 2.40 bits per heavy atom. The highest BCUT2D eigenvalue weighted by Crippen LogP contribution is 2.19. The molecule has 2 N–H and O–H groups in total. The maximum Gasteiger partial charge on any atom is 0.390 e. The van der Waals surface area contributed by atoms with Crippen LogP contribution >= 0.6 is 0 Å². The van der Waals surface area contributed by atoms with Crippen LogP contribution in [0, 0.1) is 0 Å². The number of ether oxygens (including phenoxy) is 1. The molecule has 1 aliphatic rings. The molecular formula is C12H23F3N2O3. The SMILES string of the molecule is OC[C@@H](O)CN(CCN1CCOCC1)CCC(F)(F)F. The van der Waals surface area contributed by atoms with Gasteiger partial charge in [0.2, 0.25) is 0 Å². The van der Waals surface area contributed by atoms with E-state index >= 15 is 0 Å². The summed E-state index contributed by atoms with van der Waals surface area (Å²) < 4.78 is 42.0. The molecule has 20 heavy (non-hydrogen) atoms. The van der Waals surface area contributed by atoms with Gasteiger partial charge in [-0.15, -0.1) is 0 Å². The van der Waals surface area contributed by atoms with E-state index in [1.807, 2.05) is 0 Å². The Labute approximate surface area is 116 Å². The molecule has 1 atom stereocenters. The normalized spacial score (nSPS) is 19.5. The van der Waals surface area contributed by atoms with E-state index in [0.717, 1.165) is 13.1 Å². The predicted molar refractivity (Wildman–Crippen MR) is 67.5 cm³/mol. The zero-order chi connectivity index (χ0) is 15.0. The zero-order valence-corrected chi connectivity index (χ0v) is 11.5. The second-order valence-electron chi connectivity index (χ2n) is 4.96. The van der Waals surface area contributed by atoms with Crippen LogP contribution in [0.1, 0.15) is 6.42 Å². The highest BCUT2D eigenvalue weighted by atomic mass is 19.4. The Kier molecular flexibility index (Phi) is 7.75. The summed E-state index contributed by atoms with van der Waals surface area (Å²) in [5.74, 6) is 0. The second kappa shape index (κ2) is 8.78. The second-order valence-corrected chi connectivity index (χ2v) is 4.96. The minimum absolute atomic E-state index is 0.0525. The Morgan fingerprint density at radius 2 is 1.85 bits per heavy atom. The summed E-state index contributed by atoms with van der Waals surface area (Å²) in [7, 11) is 0. The van der Waals surface area contributed by atoms with Gasteiger partial charge in [-0.25, -0.2) is 0 Å². The van der Waals surface area contributed by atoms with E-state index in [2.05, 4.69) is 4.90 Å². The van der Waals surface area contributed by atoms with Gasteiger partial charge in [-0.2, -0.15) is 13.2 Å². The van der Waals surface area contributed by atoms with Gasteiger partial charge >= 0.3 is 6.18 Å². The third-order valence-corrected chi connectivity index (χ3v) is 3.23. The van der Waals surface area contributed by atoms with Gasteiger partial charge in [0.25, 0.3) is 0 Å². The number of aliphatic hydroxyl groups is 2. The van der Waals surface area contributed by atoms with Crippen LogP contribution in [-0.2, 0) is 4.74 Å². The standard InChI is InChI=1S/C12H23F3N2O3/c13-12(14,15)1-2-17(9-11(19)10-18)4-3-16-5-7-20-8-6-16/h11,18-19H,1-10H2/t11-/m0/s1. The van der Waals surface area contributed by atoms with Crippen LogP contribution in [0.2, 0.25) is 0 Å². The first-order valence-electron chi connectivity index (χ1n) is 6.79. The molecule has 0 aromatic heterocycles. The third kappa shape index (κ3) is 8.01. The number of hydrogen-bond donors (Lipinski definition) is 2. The average Bonchev–Trinajstić information content (AvgIpc) is 2.41. The van der Waals surface area contributed by atoms with Crippen LogP contribution in [0.5, 0.6) is 0 Å². The van der Waals surface area contributed by atoms with E-state index in [-0.39, 0.29) is 13.1 Å². The molecule has 1 aliphatic heterocycles. The van der Waals surface area contributed by atoms with Gasteiger partial charge in [0.1, 0.15) is 0 Å². The molecule has 0 amide bonds. The number of hydrogen-bond acceptors (Lipinski definition) is 5. The summed E-state index contributed by atoms with van der Waals surface area (Å²) >= 11 is 0. The molecule has 8 heteroatoms. The van der Waals surface area contributed by atoms with E-state index in [1.165, 1.54) is 0 Å². The number of halogens is 3. The van der Waals surface area contributed by atoms with Crippen LogP contribution in [0.25, 0.3) is 0 Å². The van der Waals surface area contributed by atoms with Crippen molar-refractivity contribution in [3.8, 4) is 0 Å². The lowest BCUT2D eigenvalue weighted by molar-refractivity contribution is -0.139. The smallest absolute Gasteiger partial charge is 0.390 e. The maximum atomic E-state index is 12.3. The molecular weight excluding hydrogens is 277 g/mol. The lowest BCUT2D eigenvalue weighted by Crippen LogP contribution is -2.44. The molecule has 120 valence electrons. The number of morpholine rings is 1. The average molecular weight is 300 g/mol. The molecule has 0 radical (unpaired) electrons. The Hall–Kier alpha value is -0.410. The maximum absolute atomic E-state index is 12.3. The van der Waals surface area contributed by atoms with Crippen molar-refractivity contribution in [1.29, 1.82) is 0 Å². The molecule has 0 bridgehead atoms. The van der Waals surface area contributed by atoms with Crippen molar-refractivity contribution in [3.05, 3.63) is 0 Å². The lowest BCUT2D eigenvalue weighted by atomic mass is 10.3. The Balaban J connectivity index is 2.35. The largest absolute Gasteiger partial charge is 0.394 e. The first kappa shape index (κ1) is 17.6. The fourth-order valence-corrected chi connectivity index (χ4v) is 2.04. The fraction of sp³-hybridized carbons (Fsp3) is 1.00. The molecule has 0 spiro atoms. The van der Waals surface area contributed by atoms with Gasteiger partial charge in [-0.1, -0.05) is 0 Å². The van der Waals surface area contributed by atoms with Crippen LogP contribution in [0.4, 0.5) is 13.2 Å². The summed E-state index contributed by atoms with van der Waals surface area (Å²) in [4.78, 5) is 3.67. The molecule has 0 aliphatic carbocycles. The van der Waals surface area contributed by atoms with E-state index in [1.54, 1.807) is 4.90 Å². The molecule has 0 unspecified atom stereocenters. The molecule has 1 rings (SSSR count). The van der Waals surface area contributed by atoms with Gasteiger partial charge in [0.15, 0.2) is 0 Å². The predicted octanol–water partition coefficient (Wildman–Crippen LogP) is -0.0738. The molecule has 5 nitrogen and oxygen atoms in total. The molecule has 0 aromatic rings. The first-order chi connectivity index (χ1) is 9.40. The number of alkyl halides is 3. The molecule has 1 fully saturated rings. The minimum Gasteiger partial charge on any atom is -0.394 e. The summed E-state index contributed by atoms with van der Waals surface area (Å²) in [6.07, 6.45) is -6.12. The van der Waals surface area contributed by atoms with Gasteiger partial charge in [-0.05, 0) is 0 Å². The third-order valence-electron chi connectivity index (χ3n) is 3.23. The van der Waals surface area contributed by atoms with Gasteiger partial charge in [0, 0.05) is 39.3 Å². The topological polar surface area (TPSA) is 56.2 Å². The van der Waals surface area contributed by atoms with E-state index in [0.29, 0.717) is 26.3 Å². The van der Waals surface area contributed by atoms with Crippen molar-refractivity contribution in [3.63, 3.8) is 0 Å². The van der Waals surface area contributed by atoms with Crippen LogP contribution < -0.4 is 0 Å². The highest BCUT2D eigenvalue weighted by molar-refractivity contribution is 4.70. The first-order valence-corrected chi connectivity index (χ1v) is 6.79. The van der Waals surface area contributed by atoms with Gasteiger partial charge in [0.05, 0.1) is 32.3 Å². The Bertz CT molecular complexity index is 261. The van der Waals surface area contributed by atoms with Crippen molar-refractivity contribution in [1.82, 2.24) is 9.80 Å². The van der Waals surface area contributed by atoms with Crippen LogP contribution in [-0.4, -0.2) is 91.4 Å². The summed E-state index contributed by atoms with van der Waals surface area (Å²) in [6, 6.07) is 0. The van der Waals surface area contributed by atoms with Gasteiger partial charge < -0.3 is 14.9 Å². The van der Waals surface area contributed by atoms with E-state index < -0.39 is 25.3 Å². The zero-order valence-electron chi connectivity index (χ0n) is 11.5. The quantitative estimate of drug-likeness (QED) is 0.657. The Morgan fingerprint density at radius 1 is 1.20 bits per heavy atom. The molecule has 1 saturated heterocycles. The van der Waals surface area contributed by atoms with Crippen LogP contribution in [0.3, 0.4) is 0 Å².